The molecule has 6 nitrogen and oxygen atoms in total. The third kappa shape index (κ3) is 6.15. The van der Waals surface area contributed by atoms with Crippen molar-refractivity contribution in [3.63, 3.8) is 0 Å². The van der Waals surface area contributed by atoms with Crippen molar-refractivity contribution in [1.29, 1.82) is 0 Å². The number of sulfone groups is 1. The average Bonchev–Trinajstić information content (AvgIpc) is 2.62. The van der Waals surface area contributed by atoms with Gasteiger partial charge in [-0.3, -0.25) is 0 Å². The molecule has 0 unspecified atom stereocenters. The Labute approximate surface area is 135 Å². The summed E-state index contributed by atoms with van der Waals surface area (Å²) in [4.78, 5) is 4.38. The number of hydrogen-bond acceptors (Lipinski definition) is 3. The van der Waals surface area contributed by atoms with Crippen LogP contribution in [0.25, 0.3) is 0 Å². The Morgan fingerprint density at radius 3 is 2.52 bits per heavy atom. The monoisotopic (exact) mass is 354 g/mol. The van der Waals surface area contributed by atoms with Crippen LogP contribution in [0.1, 0.15) is 12.6 Å². The lowest BCUT2D eigenvalue weighted by Gasteiger charge is -2.11. The molecule has 1 aromatic heterocycles. The summed E-state index contributed by atoms with van der Waals surface area (Å²) in [6, 6.07) is 1.76. The first-order valence-electron chi connectivity index (χ1n) is 6.44. The molecule has 0 fully saturated rings. The van der Waals surface area contributed by atoms with Gasteiger partial charge in [0.2, 0.25) is 0 Å². The van der Waals surface area contributed by atoms with Gasteiger partial charge in [0.15, 0.2) is 5.96 Å². The van der Waals surface area contributed by atoms with Crippen LogP contribution < -0.4 is 10.6 Å². The lowest BCUT2D eigenvalue weighted by Crippen LogP contribution is -2.39. The number of nitrogens with zero attached hydrogens (tertiary/aromatic N) is 2. The molecule has 0 amide bonds. The van der Waals surface area contributed by atoms with E-state index in [9.17, 15) is 8.42 Å². The molecule has 21 heavy (non-hydrogen) atoms. The van der Waals surface area contributed by atoms with Gasteiger partial charge in [-0.15, -0.1) is 0 Å². The SMILES string of the molecule is CCNC(=NCc1cc(Cl)c(Cl)n1C)NCCS(C)(=O)=O. The maximum Gasteiger partial charge on any atom is 0.191 e. The summed E-state index contributed by atoms with van der Waals surface area (Å²) in [6.45, 7) is 3.31. The fourth-order valence-electron chi connectivity index (χ4n) is 1.60. The van der Waals surface area contributed by atoms with E-state index in [2.05, 4.69) is 15.6 Å². The Morgan fingerprint density at radius 1 is 1.38 bits per heavy atom. The number of aromatic nitrogens is 1. The van der Waals surface area contributed by atoms with Crippen LogP contribution >= 0.6 is 23.2 Å². The van der Waals surface area contributed by atoms with E-state index in [1.54, 1.807) is 10.6 Å². The first-order chi connectivity index (χ1) is 9.74. The zero-order valence-corrected chi connectivity index (χ0v) is 14.6. The Bertz CT molecular complexity index is 611. The molecule has 1 rings (SSSR count). The van der Waals surface area contributed by atoms with Crippen molar-refractivity contribution < 1.29 is 8.42 Å². The Balaban J connectivity index is 2.69. The minimum absolute atomic E-state index is 0.0548. The van der Waals surface area contributed by atoms with E-state index in [0.29, 0.717) is 35.8 Å². The predicted octanol–water partition coefficient (Wildman–Crippen LogP) is 1.43. The number of rotatable bonds is 6. The van der Waals surface area contributed by atoms with E-state index in [4.69, 9.17) is 23.2 Å². The second kappa shape index (κ2) is 7.91. The third-order valence-corrected chi connectivity index (χ3v) is 4.51. The van der Waals surface area contributed by atoms with Crippen molar-refractivity contribution in [1.82, 2.24) is 15.2 Å². The van der Waals surface area contributed by atoms with Crippen LogP contribution in [-0.4, -0.2) is 44.0 Å². The van der Waals surface area contributed by atoms with Crippen LogP contribution in [0.4, 0.5) is 0 Å². The summed E-state index contributed by atoms with van der Waals surface area (Å²) in [5.41, 5.74) is 0.866. The fraction of sp³-hybridized carbons (Fsp3) is 0.583. The minimum atomic E-state index is -3.00. The summed E-state index contributed by atoms with van der Waals surface area (Å²) >= 11 is 11.9. The molecule has 0 aliphatic heterocycles. The summed E-state index contributed by atoms with van der Waals surface area (Å²) < 4.78 is 24.0. The average molecular weight is 355 g/mol. The van der Waals surface area contributed by atoms with Gasteiger partial charge in [0.25, 0.3) is 0 Å². The molecule has 0 aliphatic rings. The van der Waals surface area contributed by atoms with Gasteiger partial charge in [-0.2, -0.15) is 0 Å². The number of nitrogens with one attached hydrogen (secondary N) is 2. The van der Waals surface area contributed by atoms with E-state index >= 15 is 0 Å². The van der Waals surface area contributed by atoms with Gasteiger partial charge in [0.1, 0.15) is 15.0 Å². The van der Waals surface area contributed by atoms with Gasteiger partial charge in [-0.05, 0) is 13.0 Å². The summed E-state index contributed by atoms with van der Waals surface area (Å²) in [6.07, 6.45) is 1.20. The van der Waals surface area contributed by atoms with Gasteiger partial charge in [0, 0.05) is 32.1 Å². The molecule has 2 N–H and O–H groups in total. The first kappa shape index (κ1) is 18.1. The smallest absolute Gasteiger partial charge is 0.191 e. The van der Waals surface area contributed by atoms with E-state index in [-0.39, 0.29) is 5.75 Å². The lowest BCUT2D eigenvalue weighted by molar-refractivity contribution is 0.600. The number of halogens is 2. The molecule has 0 aliphatic carbocycles. The van der Waals surface area contributed by atoms with Gasteiger partial charge < -0.3 is 15.2 Å². The van der Waals surface area contributed by atoms with Crippen LogP contribution in [0.2, 0.25) is 10.2 Å². The van der Waals surface area contributed by atoms with Crippen molar-refractivity contribution in [2.24, 2.45) is 12.0 Å². The van der Waals surface area contributed by atoms with Gasteiger partial charge in [-0.25, -0.2) is 13.4 Å². The quantitative estimate of drug-likeness (QED) is 0.598. The fourth-order valence-corrected chi connectivity index (χ4v) is 2.49. The van der Waals surface area contributed by atoms with Crippen LogP contribution in [0.5, 0.6) is 0 Å². The van der Waals surface area contributed by atoms with Gasteiger partial charge in [0.05, 0.1) is 17.3 Å². The molecule has 120 valence electrons. The maximum absolute atomic E-state index is 11.1. The maximum atomic E-state index is 11.1. The van der Waals surface area contributed by atoms with Crippen molar-refractivity contribution in [3.05, 3.63) is 21.9 Å². The first-order valence-corrected chi connectivity index (χ1v) is 9.25. The van der Waals surface area contributed by atoms with Crippen LogP contribution in [0.15, 0.2) is 11.1 Å². The minimum Gasteiger partial charge on any atom is -0.357 e. The van der Waals surface area contributed by atoms with Crippen molar-refractivity contribution in [2.45, 2.75) is 13.5 Å². The zero-order valence-electron chi connectivity index (χ0n) is 12.3. The highest BCUT2D eigenvalue weighted by atomic mass is 35.5. The Morgan fingerprint density at radius 2 is 2.05 bits per heavy atom. The topological polar surface area (TPSA) is 75.5 Å². The predicted molar refractivity (Wildman–Crippen MR) is 88.0 cm³/mol. The van der Waals surface area contributed by atoms with Gasteiger partial charge >= 0.3 is 0 Å². The molecule has 0 spiro atoms. The normalized spacial score (nSPS) is 12.5. The zero-order chi connectivity index (χ0) is 16.0. The highest BCUT2D eigenvalue weighted by molar-refractivity contribution is 7.90. The highest BCUT2D eigenvalue weighted by Crippen LogP contribution is 2.25. The number of guanidine groups is 1. The van der Waals surface area contributed by atoms with Crippen molar-refractivity contribution >= 4 is 39.0 Å². The number of hydrogen-bond donors (Lipinski definition) is 2. The molecule has 1 aromatic rings. The third-order valence-electron chi connectivity index (χ3n) is 2.72. The summed E-state index contributed by atoms with van der Waals surface area (Å²) in [7, 11) is -1.19. The molecule has 0 aromatic carbocycles. The molecular formula is C12H20Cl2N4O2S. The van der Waals surface area contributed by atoms with Crippen molar-refractivity contribution in [3.8, 4) is 0 Å². The lowest BCUT2D eigenvalue weighted by atomic mass is 10.4. The Hall–Kier alpha value is -0.920. The van der Waals surface area contributed by atoms with E-state index < -0.39 is 9.84 Å². The molecule has 0 atom stereocenters. The highest BCUT2D eigenvalue weighted by Gasteiger charge is 2.09. The molecule has 0 bridgehead atoms. The molecule has 9 heteroatoms. The van der Waals surface area contributed by atoms with Crippen LogP contribution in [0, 0.1) is 0 Å². The second-order valence-electron chi connectivity index (χ2n) is 4.59. The summed E-state index contributed by atoms with van der Waals surface area (Å²) in [5, 5.41) is 6.98. The molecule has 0 radical (unpaired) electrons. The van der Waals surface area contributed by atoms with Gasteiger partial charge in [-0.1, -0.05) is 23.2 Å². The molecular weight excluding hydrogens is 335 g/mol. The van der Waals surface area contributed by atoms with Crippen LogP contribution in [0.3, 0.4) is 0 Å². The van der Waals surface area contributed by atoms with E-state index in [1.807, 2.05) is 14.0 Å². The second-order valence-corrected chi connectivity index (χ2v) is 7.61. The Kier molecular flexibility index (Phi) is 6.83. The molecule has 0 saturated heterocycles. The number of aliphatic imine (C=N–C) groups is 1. The molecule has 0 saturated carbocycles. The standard InChI is InChI=1S/C12H20Cl2N4O2S/c1-4-15-12(16-5-6-21(3,19)20)17-8-9-7-10(13)11(14)18(9)2/h7H,4-6,8H2,1-3H3,(H2,15,16,17). The largest absolute Gasteiger partial charge is 0.357 e. The van der Waals surface area contributed by atoms with E-state index in [0.717, 1.165) is 5.69 Å². The summed E-state index contributed by atoms with van der Waals surface area (Å²) in [5.74, 6) is 0.605. The van der Waals surface area contributed by atoms with E-state index in [1.165, 1.54) is 6.26 Å². The van der Waals surface area contributed by atoms with Crippen molar-refractivity contribution in [2.75, 3.05) is 25.1 Å². The van der Waals surface area contributed by atoms with Crippen LogP contribution in [-0.2, 0) is 23.4 Å². The molecule has 1 heterocycles.